The fourth-order valence-corrected chi connectivity index (χ4v) is 1.38. The van der Waals surface area contributed by atoms with Crippen LogP contribution in [0, 0.1) is 0 Å². The minimum Gasteiger partial charge on any atom is -0.465 e. The highest BCUT2D eigenvalue weighted by Gasteiger charge is 2.16. The summed E-state index contributed by atoms with van der Waals surface area (Å²) < 4.78 is 5.07. The summed E-state index contributed by atoms with van der Waals surface area (Å²) in [5.74, 6) is -0.528. The summed E-state index contributed by atoms with van der Waals surface area (Å²) in [4.78, 5) is 11.2. The number of carbonyl (C=O) groups excluding carboxylic acids is 1. The average Bonchev–Trinajstić information content (AvgIpc) is 2.17. The molecule has 0 saturated heterocycles. The van der Waals surface area contributed by atoms with Gasteiger partial charge in [-0.05, 0) is 33.5 Å². The second-order valence-electron chi connectivity index (χ2n) is 2.60. The molecule has 0 aromatic heterocycles. The molecule has 2 N–H and O–H groups in total. The summed E-state index contributed by atoms with van der Waals surface area (Å²) in [6.45, 7) is 0. The Hall–Kier alpha value is -0.845. The maximum absolute atomic E-state index is 11.2. The van der Waals surface area contributed by atoms with Crippen molar-refractivity contribution in [1.29, 1.82) is 0 Å². The van der Waals surface area contributed by atoms with Gasteiger partial charge in [0.15, 0.2) is 0 Å². The molecule has 0 unspecified atom stereocenters. The van der Waals surface area contributed by atoms with Crippen LogP contribution in [0.5, 0.6) is 0 Å². The first-order valence-corrected chi connectivity index (χ1v) is 4.59. The fourth-order valence-electron chi connectivity index (χ4n) is 0.970. The van der Waals surface area contributed by atoms with Gasteiger partial charge in [-0.3, -0.25) is 0 Å². The molecule has 0 spiro atoms. The van der Waals surface area contributed by atoms with E-state index in [0.717, 1.165) is 0 Å². The topological polar surface area (TPSA) is 66.8 Å². The zero-order valence-corrected chi connectivity index (χ0v) is 8.98. The van der Waals surface area contributed by atoms with Crippen LogP contribution in [0.1, 0.15) is 10.4 Å². The number of halogens is 1. The van der Waals surface area contributed by atoms with Crippen molar-refractivity contribution < 1.29 is 19.6 Å². The molecule has 74 valence electrons. The molecular weight excluding hydrogens is 251 g/mol. The van der Waals surface area contributed by atoms with Gasteiger partial charge in [-0.15, -0.1) is 0 Å². The Bertz CT molecular complexity index is 353. The van der Waals surface area contributed by atoms with Crippen molar-refractivity contribution in [2.24, 2.45) is 0 Å². The molecule has 0 aliphatic heterocycles. The first-order valence-electron chi connectivity index (χ1n) is 3.80. The molecule has 4 nitrogen and oxygen atoms in total. The minimum absolute atomic E-state index is 0.244. The molecule has 0 bridgehead atoms. The Morgan fingerprint density at radius 3 is 2.64 bits per heavy atom. The van der Waals surface area contributed by atoms with Crippen molar-refractivity contribution >= 4 is 34.5 Å². The zero-order chi connectivity index (χ0) is 10.7. The number of hydrogen-bond donors (Lipinski definition) is 2. The van der Waals surface area contributed by atoms with Gasteiger partial charge in [0, 0.05) is 4.47 Å². The zero-order valence-electron chi connectivity index (χ0n) is 7.40. The van der Waals surface area contributed by atoms with E-state index in [2.05, 4.69) is 20.7 Å². The quantitative estimate of drug-likeness (QED) is 0.575. The first-order chi connectivity index (χ1) is 6.56. The largest absolute Gasteiger partial charge is 0.488 e. The summed E-state index contributed by atoms with van der Waals surface area (Å²) in [5.41, 5.74) is 0.506. The van der Waals surface area contributed by atoms with E-state index in [1.807, 2.05) is 0 Å². The molecule has 0 radical (unpaired) electrons. The van der Waals surface area contributed by atoms with Gasteiger partial charge in [-0.1, -0.05) is 6.07 Å². The molecule has 0 saturated carbocycles. The van der Waals surface area contributed by atoms with Gasteiger partial charge >= 0.3 is 13.1 Å². The van der Waals surface area contributed by atoms with Crippen LogP contribution in [0.25, 0.3) is 0 Å². The second-order valence-corrected chi connectivity index (χ2v) is 3.46. The fraction of sp³-hybridized carbons (Fsp3) is 0.125. The second kappa shape index (κ2) is 4.59. The van der Waals surface area contributed by atoms with Crippen molar-refractivity contribution in [3.63, 3.8) is 0 Å². The van der Waals surface area contributed by atoms with E-state index in [9.17, 15) is 4.79 Å². The Labute approximate surface area is 89.8 Å². The summed E-state index contributed by atoms with van der Waals surface area (Å²) in [5, 5.41) is 17.8. The van der Waals surface area contributed by atoms with Crippen molar-refractivity contribution in [3.05, 3.63) is 28.2 Å². The highest BCUT2D eigenvalue weighted by Crippen LogP contribution is 2.15. The molecule has 1 aromatic carbocycles. The molecule has 0 amide bonds. The number of hydrogen-bond acceptors (Lipinski definition) is 4. The van der Waals surface area contributed by atoms with E-state index in [0.29, 0.717) is 4.47 Å². The highest BCUT2D eigenvalue weighted by atomic mass is 79.9. The summed E-state index contributed by atoms with van der Waals surface area (Å²) in [7, 11) is -0.330. The Morgan fingerprint density at radius 2 is 2.14 bits per heavy atom. The summed E-state index contributed by atoms with van der Waals surface area (Å²) in [6.07, 6.45) is 0. The number of esters is 1. The number of methoxy groups -OCH3 is 1. The molecule has 0 aliphatic rings. The molecule has 0 heterocycles. The number of carbonyl (C=O) groups is 1. The lowest BCUT2D eigenvalue weighted by Gasteiger charge is -2.05. The maximum atomic E-state index is 11.2. The Kier molecular flexibility index (Phi) is 3.68. The Morgan fingerprint density at radius 1 is 1.50 bits per heavy atom. The van der Waals surface area contributed by atoms with Crippen molar-refractivity contribution in [1.82, 2.24) is 0 Å². The van der Waals surface area contributed by atoms with Crippen molar-refractivity contribution in [2.45, 2.75) is 0 Å². The van der Waals surface area contributed by atoms with E-state index in [4.69, 9.17) is 10.0 Å². The first kappa shape index (κ1) is 11.2. The standard InChI is InChI=1S/C8H8BBrO4/c1-14-8(11)6-4-5(9(12)13)2-3-7(6)10/h2-4,12-13H,1H3. The van der Waals surface area contributed by atoms with Gasteiger partial charge in [0.25, 0.3) is 0 Å². The van der Waals surface area contributed by atoms with E-state index in [1.54, 1.807) is 6.07 Å². The predicted octanol–water partition coefficient (Wildman–Crippen LogP) is -0.0845. The lowest BCUT2D eigenvalue weighted by molar-refractivity contribution is 0.0600. The van der Waals surface area contributed by atoms with Crippen molar-refractivity contribution in [2.75, 3.05) is 7.11 Å². The molecule has 6 heteroatoms. The van der Waals surface area contributed by atoms with Gasteiger partial charge in [0.05, 0.1) is 12.7 Å². The molecule has 0 atom stereocenters. The van der Waals surface area contributed by atoms with Crippen LogP contribution in [0.3, 0.4) is 0 Å². The number of benzene rings is 1. The van der Waals surface area contributed by atoms with Crippen molar-refractivity contribution in [3.8, 4) is 0 Å². The number of rotatable bonds is 2. The minimum atomic E-state index is -1.59. The van der Waals surface area contributed by atoms with E-state index in [1.165, 1.54) is 19.2 Å². The monoisotopic (exact) mass is 258 g/mol. The third-order valence-electron chi connectivity index (χ3n) is 1.69. The number of ether oxygens (including phenoxy) is 1. The lowest BCUT2D eigenvalue weighted by atomic mass is 9.80. The SMILES string of the molecule is COC(=O)c1cc(B(O)O)ccc1Br. The van der Waals surface area contributed by atoms with Crippen LogP contribution in [-0.4, -0.2) is 30.2 Å². The smallest absolute Gasteiger partial charge is 0.465 e. The van der Waals surface area contributed by atoms with E-state index < -0.39 is 13.1 Å². The third-order valence-corrected chi connectivity index (χ3v) is 2.39. The van der Waals surface area contributed by atoms with Gasteiger partial charge < -0.3 is 14.8 Å². The third kappa shape index (κ3) is 2.34. The van der Waals surface area contributed by atoms with Crippen LogP contribution >= 0.6 is 15.9 Å². The molecule has 1 rings (SSSR count). The van der Waals surface area contributed by atoms with Crippen LogP contribution < -0.4 is 5.46 Å². The van der Waals surface area contributed by atoms with Gasteiger partial charge in [-0.25, -0.2) is 4.79 Å². The lowest BCUT2D eigenvalue weighted by Crippen LogP contribution is -2.30. The predicted molar refractivity (Wildman–Crippen MR) is 55.3 cm³/mol. The van der Waals surface area contributed by atoms with Crippen LogP contribution in [-0.2, 0) is 4.74 Å². The van der Waals surface area contributed by atoms with Crippen LogP contribution in [0.4, 0.5) is 0 Å². The molecule has 14 heavy (non-hydrogen) atoms. The normalized spacial score (nSPS) is 9.71. The highest BCUT2D eigenvalue weighted by molar-refractivity contribution is 9.10. The maximum Gasteiger partial charge on any atom is 0.488 e. The molecular formula is C8H8BBrO4. The van der Waals surface area contributed by atoms with E-state index in [-0.39, 0.29) is 11.0 Å². The molecule has 0 aliphatic carbocycles. The molecule has 0 fully saturated rings. The van der Waals surface area contributed by atoms with Gasteiger partial charge in [-0.2, -0.15) is 0 Å². The van der Waals surface area contributed by atoms with Crippen LogP contribution in [0.2, 0.25) is 0 Å². The van der Waals surface area contributed by atoms with Gasteiger partial charge in [0.2, 0.25) is 0 Å². The average molecular weight is 259 g/mol. The molecule has 1 aromatic rings. The Balaban J connectivity index is 3.15. The summed E-state index contributed by atoms with van der Waals surface area (Å²) >= 11 is 3.16. The van der Waals surface area contributed by atoms with E-state index >= 15 is 0 Å². The summed E-state index contributed by atoms with van der Waals surface area (Å²) in [6, 6.07) is 4.42. The van der Waals surface area contributed by atoms with Gasteiger partial charge in [0.1, 0.15) is 0 Å². The van der Waals surface area contributed by atoms with Crippen LogP contribution in [0.15, 0.2) is 22.7 Å².